The molecule has 8 heteroatoms. The van der Waals surface area contributed by atoms with Crippen LogP contribution < -0.4 is 10.6 Å². The first-order valence-corrected chi connectivity index (χ1v) is 9.58. The lowest BCUT2D eigenvalue weighted by molar-refractivity contribution is -0.121. The minimum absolute atomic E-state index is 0.0925. The van der Waals surface area contributed by atoms with Gasteiger partial charge in [0, 0.05) is 19.0 Å². The summed E-state index contributed by atoms with van der Waals surface area (Å²) in [5.41, 5.74) is 0.792. The van der Waals surface area contributed by atoms with E-state index >= 15 is 0 Å². The van der Waals surface area contributed by atoms with Crippen LogP contribution in [0.4, 0.5) is 5.82 Å². The largest absolute Gasteiger partial charge is 0.367 e. The van der Waals surface area contributed by atoms with Crippen LogP contribution in [0.5, 0.6) is 0 Å². The molecule has 0 aliphatic heterocycles. The molecule has 24 heavy (non-hydrogen) atoms. The highest BCUT2D eigenvalue weighted by atomic mass is 32.2. The molecule has 2 aromatic rings. The fraction of sp³-hybridized carbons (Fsp3) is 0.625. The lowest BCUT2D eigenvalue weighted by Crippen LogP contribution is -2.27. The maximum absolute atomic E-state index is 11.7. The number of nitrogens with zero attached hydrogens (tertiary/aromatic N) is 4. The van der Waals surface area contributed by atoms with E-state index in [0.717, 1.165) is 29.7 Å². The lowest BCUT2D eigenvalue weighted by atomic mass is 10.2. The van der Waals surface area contributed by atoms with Crippen LogP contribution in [0.25, 0.3) is 11.0 Å². The van der Waals surface area contributed by atoms with Crippen molar-refractivity contribution in [2.45, 2.75) is 57.8 Å². The molecular formula is C16H26N6OS. The smallest absolute Gasteiger partial charge is 0.220 e. The van der Waals surface area contributed by atoms with E-state index in [1.165, 1.54) is 11.8 Å². The molecule has 1 amide bonds. The standard InChI is InChI=1S/C16H26N6OS/c1-5-6-7-13(23)17-8-9-22-15-12(10-18-22)14(19-11(2)3)20-16(21-15)24-4/h10-11H,5-9H2,1-4H3,(H,17,23)(H,19,20,21). The first-order valence-electron chi connectivity index (χ1n) is 8.36. The van der Waals surface area contributed by atoms with Crippen LogP contribution in [0.3, 0.4) is 0 Å². The number of unbranched alkanes of at least 4 members (excludes halogenated alkanes) is 1. The third-order valence-electron chi connectivity index (χ3n) is 3.49. The van der Waals surface area contributed by atoms with E-state index in [-0.39, 0.29) is 11.9 Å². The Balaban J connectivity index is 2.12. The molecule has 0 saturated carbocycles. The van der Waals surface area contributed by atoms with Gasteiger partial charge in [-0.2, -0.15) is 5.10 Å². The number of carbonyl (C=O) groups is 1. The van der Waals surface area contributed by atoms with E-state index in [1.807, 2.05) is 10.9 Å². The van der Waals surface area contributed by atoms with Gasteiger partial charge >= 0.3 is 0 Å². The molecule has 0 aliphatic carbocycles. The van der Waals surface area contributed by atoms with E-state index in [0.29, 0.717) is 24.7 Å². The zero-order chi connectivity index (χ0) is 17.5. The molecule has 2 aromatic heterocycles. The van der Waals surface area contributed by atoms with Gasteiger partial charge in [0.2, 0.25) is 5.91 Å². The van der Waals surface area contributed by atoms with Gasteiger partial charge in [-0.05, 0) is 26.5 Å². The number of hydrogen-bond donors (Lipinski definition) is 2. The number of anilines is 1. The van der Waals surface area contributed by atoms with Gasteiger partial charge in [-0.3, -0.25) is 4.79 Å². The molecule has 2 N–H and O–H groups in total. The van der Waals surface area contributed by atoms with Gasteiger partial charge in [0.1, 0.15) is 5.82 Å². The van der Waals surface area contributed by atoms with Crippen LogP contribution in [0.2, 0.25) is 0 Å². The van der Waals surface area contributed by atoms with Crippen molar-refractivity contribution in [3.05, 3.63) is 6.20 Å². The third kappa shape index (κ3) is 4.83. The average molecular weight is 350 g/mol. The van der Waals surface area contributed by atoms with Crippen LogP contribution in [0.1, 0.15) is 40.0 Å². The Kier molecular flexibility index (Phi) is 6.84. The third-order valence-corrected chi connectivity index (χ3v) is 4.03. The van der Waals surface area contributed by atoms with Gasteiger partial charge < -0.3 is 10.6 Å². The average Bonchev–Trinajstić information content (AvgIpc) is 2.95. The predicted octanol–water partition coefficient (Wildman–Crippen LogP) is 2.67. The minimum atomic E-state index is 0.0925. The van der Waals surface area contributed by atoms with Crippen LogP contribution >= 0.6 is 11.8 Å². The summed E-state index contributed by atoms with van der Waals surface area (Å²) in [4.78, 5) is 20.8. The zero-order valence-electron chi connectivity index (χ0n) is 14.8. The highest BCUT2D eigenvalue weighted by Crippen LogP contribution is 2.23. The van der Waals surface area contributed by atoms with Crippen molar-refractivity contribution >= 4 is 34.5 Å². The van der Waals surface area contributed by atoms with Gasteiger partial charge in [0.05, 0.1) is 18.1 Å². The second-order valence-electron chi connectivity index (χ2n) is 5.92. The van der Waals surface area contributed by atoms with Gasteiger partial charge in [0.15, 0.2) is 10.8 Å². The molecule has 0 aromatic carbocycles. The highest BCUT2D eigenvalue weighted by Gasteiger charge is 2.13. The fourth-order valence-corrected chi connectivity index (χ4v) is 2.66. The summed E-state index contributed by atoms with van der Waals surface area (Å²) < 4.78 is 1.82. The zero-order valence-corrected chi connectivity index (χ0v) is 15.6. The second-order valence-corrected chi connectivity index (χ2v) is 6.69. The summed E-state index contributed by atoms with van der Waals surface area (Å²) in [6.45, 7) is 7.36. The number of carbonyl (C=O) groups excluding carboxylic acids is 1. The Morgan fingerprint density at radius 2 is 2.17 bits per heavy atom. The van der Waals surface area contributed by atoms with Crippen molar-refractivity contribution < 1.29 is 4.79 Å². The Labute approximate surface area is 147 Å². The first-order chi connectivity index (χ1) is 11.5. The number of amides is 1. The second kappa shape index (κ2) is 8.86. The van der Waals surface area contributed by atoms with Crippen LogP contribution in [0.15, 0.2) is 11.4 Å². The number of nitrogens with one attached hydrogen (secondary N) is 2. The van der Waals surface area contributed by atoms with Crippen molar-refractivity contribution in [1.82, 2.24) is 25.1 Å². The topological polar surface area (TPSA) is 84.7 Å². The first kappa shape index (κ1) is 18.5. The SMILES string of the molecule is CCCCC(=O)NCCn1ncc2c(NC(C)C)nc(SC)nc21. The Morgan fingerprint density at radius 1 is 1.38 bits per heavy atom. The molecule has 0 fully saturated rings. The lowest BCUT2D eigenvalue weighted by Gasteiger charge is -2.11. The summed E-state index contributed by atoms with van der Waals surface area (Å²) in [7, 11) is 0. The summed E-state index contributed by atoms with van der Waals surface area (Å²) >= 11 is 1.50. The monoisotopic (exact) mass is 350 g/mol. The molecular weight excluding hydrogens is 324 g/mol. The van der Waals surface area contributed by atoms with Crippen molar-refractivity contribution in [2.24, 2.45) is 0 Å². The van der Waals surface area contributed by atoms with E-state index in [4.69, 9.17) is 0 Å². The fourth-order valence-electron chi connectivity index (χ4n) is 2.30. The van der Waals surface area contributed by atoms with Crippen molar-refractivity contribution in [1.29, 1.82) is 0 Å². The molecule has 0 atom stereocenters. The predicted molar refractivity (Wildman–Crippen MR) is 98.4 cm³/mol. The van der Waals surface area contributed by atoms with Crippen molar-refractivity contribution in [3.63, 3.8) is 0 Å². The quantitative estimate of drug-likeness (QED) is 0.534. The molecule has 7 nitrogen and oxygen atoms in total. The van der Waals surface area contributed by atoms with Gasteiger partial charge in [-0.15, -0.1) is 0 Å². The number of fused-ring (bicyclic) bond motifs is 1. The van der Waals surface area contributed by atoms with Crippen LogP contribution in [-0.4, -0.2) is 44.5 Å². The Hall–Kier alpha value is -1.83. The van der Waals surface area contributed by atoms with E-state index in [2.05, 4.69) is 46.5 Å². The number of hydrogen-bond acceptors (Lipinski definition) is 6. The van der Waals surface area contributed by atoms with Gasteiger partial charge in [-0.1, -0.05) is 25.1 Å². The molecule has 2 rings (SSSR count). The summed E-state index contributed by atoms with van der Waals surface area (Å²) in [6, 6.07) is 0.277. The van der Waals surface area contributed by atoms with Crippen molar-refractivity contribution in [3.8, 4) is 0 Å². The van der Waals surface area contributed by atoms with Crippen molar-refractivity contribution in [2.75, 3.05) is 18.1 Å². The number of thioether (sulfide) groups is 1. The van der Waals surface area contributed by atoms with Gasteiger partial charge in [0.25, 0.3) is 0 Å². The molecule has 0 aliphatic rings. The normalized spacial score (nSPS) is 11.2. The van der Waals surface area contributed by atoms with Crippen LogP contribution in [0, 0.1) is 0 Å². The maximum atomic E-state index is 11.7. The Morgan fingerprint density at radius 3 is 2.83 bits per heavy atom. The van der Waals surface area contributed by atoms with E-state index in [1.54, 1.807) is 6.20 Å². The molecule has 0 unspecified atom stereocenters. The minimum Gasteiger partial charge on any atom is -0.367 e. The molecule has 132 valence electrons. The molecule has 0 bridgehead atoms. The highest BCUT2D eigenvalue weighted by molar-refractivity contribution is 7.98. The molecule has 0 spiro atoms. The summed E-state index contributed by atoms with van der Waals surface area (Å²) in [5, 5.41) is 12.3. The molecule has 0 saturated heterocycles. The summed E-state index contributed by atoms with van der Waals surface area (Å²) in [6.07, 6.45) is 6.26. The maximum Gasteiger partial charge on any atom is 0.220 e. The summed E-state index contributed by atoms with van der Waals surface area (Å²) in [5.74, 6) is 0.896. The molecule has 2 heterocycles. The van der Waals surface area contributed by atoms with Gasteiger partial charge in [-0.25, -0.2) is 14.6 Å². The van der Waals surface area contributed by atoms with Crippen LogP contribution in [-0.2, 0) is 11.3 Å². The van der Waals surface area contributed by atoms with E-state index in [9.17, 15) is 4.79 Å². The molecule has 0 radical (unpaired) electrons. The Bertz CT molecular complexity index is 685. The number of aromatic nitrogens is 4. The van der Waals surface area contributed by atoms with E-state index < -0.39 is 0 Å². The number of rotatable bonds is 9.